The van der Waals surface area contributed by atoms with Gasteiger partial charge in [-0.1, -0.05) is 12.1 Å². The Morgan fingerprint density at radius 1 is 1.45 bits per heavy atom. The van der Waals surface area contributed by atoms with Gasteiger partial charge in [-0.15, -0.1) is 0 Å². The number of carbonyl (C=O) groups is 1. The highest BCUT2D eigenvalue weighted by Crippen LogP contribution is 2.22. The SMILES string of the molecule is COc1ccc(COC(=O)N2C[C@@H](S)C[C@H]2CN)cc1. The van der Waals surface area contributed by atoms with Crippen molar-refractivity contribution >= 4 is 18.7 Å². The Labute approximate surface area is 124 Å². The maximum atomic E-state index is 12.0. The molecule has 1 amide bonds. The van der Waals surface area contributed by atoms with Crippen LogP contribution >= 0.6 is 12.6 Å². The number of nitrogens with two attached hydrogens (primary N) is 1. The van der Waals surface area contributed by atoms with Gasteiger partial charge >= 0.3 is 6.09 Å². The highest BCUT2D eigenvalue weighted by Gasteiger charge is 2.33. The van der Waals surface area contributed by atoms with Crippen molar-refractivity contribution in [1.82, 2.24) is 4.90 Å². The fraction of sp³-hybridized carbons (Fsp3) is 0.500. The van der Waals surface area contributed by atoms with E-state index in [1.165, 1.54) is 0 Å². The molecule has 2 N–H and O–H groups in total. The van der Waals surface area contributed by atoms with Gasteiger partial charge in [-0.2, -0.15) is 12.6 Å². The second-order valence-corrected chi connectivity index (χ2v) is 5.56. The van der Waals surface area contributed by atoms with Crippen molar-refractivity contribution < 1.29 is 14.3 Å². The summed E-state index contributed by atoms with van der Waals surface area (Å²) in [5, 5.41) is 0.178. The van der Waals surface area contributed by atoms with Gasteiger partial charge in [-0.05, 0) is 24.1 Å². The standard InChI is InChI=1S/C14H20N2O3S/c1-18-12-4-2-10(3-5-12)9-19-14(17)16-8-13(20)6-11(16)7-15/h2-5,11,13,20H,6-9,15H2,1H3/t11-,13-/m0/s1. The zero-order valence-corrected chi connectivity index (χ0v) is 12.4. The Morgan fingerprint density at radius 3 is 2.75 bits per heavy atom. The lowest BCUT2D eigenvalue weighted by Gasteiger charge is -2.22. The summed E-state index contributed by atoms with van der Waals surface area (Å²) in [5.41, 5.74) is 6.59. The highest BCUT2D eigenvalue weighted by atomic mass is 32.1. The molecular formula is C14H20N2O3S. The molecule has 2 rings (SSSR count). The van der Waals surface area contributed by atoms with E-state index in [4.69, 9.17) is 15.2 Å². The Morgan fingerprint density at radius 2 is 2.15 bits per heavy atom. The molecule has 1 aliphatic rings. The number of rotatable bonds is 4. The van der Waals surface area contributed by atoms with Crippen molar-refractivity contribution in [2.45, 2.75) is 24.3 Å². The fourth-order valence-electron chi connectivity index (χ4n) is 2.29. The van der Waals surface area contributed by atoms with E-state index in [9.17, 15) is 4.79 Å². The number of ether oxygens (including phenoxy) is 2. The Bertz CT molecular complexity index is 452. The molecule has 20 heavy (non-hydrogen) atoms. The Kier molecular flexibility index (Phi) is 5.14. The number of amides is 1. The average Bonchev–Trinajstić information content (AvgIpc) is 2.86. The van der Waals surface area contributed by atoms with Crippen molar-refractivity contribution in [1.29, 1.82) is 0 Å². The van der Waals surface area contributed by atoms with Crippen LogP contribution in [0.1, 0.15) is 12.0 Å². The number of nitrogens with zero attached hydrogens (tertiary/aromatic N) is 1. The van der Waals surface area contributed by atoms with E-state index in [2.05, 4.69) is 12.6 Å². The third-order valence-electron chi connectivity index (χ3n) is 3.42. The minimum Gasteiger partial charge on any atom is -0.497 e. The lowest BCUT2D eigenvalue weighted by atomic mass is 10.2. The largest absolute Gasteiger partial charge is 0.497 e. The first-order valence-electron chi connectivity index (χ1n) is 6.58. The number of thiol groups is 1. The minimum atomic E-state index is -0.326. The summed E-state index contributed by atoms with van der Waals surface area (Å²) in [7, 11) is 1.61. The van der Waals surface area contributed by atoms with Crippen LogP contribution in [-0.4, -0.2) is 42.5 Å². The van der Waals surface area contributed by atoms with E-state index < -0.39 is 0 Å². The molecule has 0 radical (unpaired) electrons. The fourth-order valence-corrected chi connectivity index (χ4v) is 2.71. The summed E-state index contributed by atoms with van der Waals surface area (Å²) in [4.78, 5) is 13.7. The zero-order valence-electron chi connectivity index (χ0n) is 11.5. The number of carbonyl (C=O) groups excluding carboxylic acids is 1. The molecule has 1 saturated heterocycles. The molecule has 0 saturated carbocycles. The summed E-state index contributed by atoms with van der Waals surface area (Å²) in [6.07, 6.45) is 0.491. The minimum absolute atomic E-state index is 0.0286. The van der Waals surface area contributed by atoms with Gasteiger partial charge in [0.05, 0.1) is 7.11 Å². The predicted molar refractivity (Wildman–Crippen MR) is 80.1 cm³/mol. The van der Waals surface area contributed by atoms with Crippen molar-refractivity contribution in [2.24, 2.45) is 5.73 Å². The van der Waals surface area contributed by atoms with Crippen molar-refractivity contribution in [2.75, 3.05) is 20.2 Å². The molecule has 1 aliphatic heterocycles. The summed E-state index contributed by atoms with van der Waals surface area (Å²) < 4.78 is 10.4. The first kappa shape index (κ1) is 15.0. The lowest BCUT2D eigenvalue weighted by molar-refractivity contribution is 0.0932. The molecule has 110 valence electrons. The van der Waals surface area contributed by atoms with Gasteiger partial charge in [0.15, 0.2) is 0 Å². The van der Waals surface area contributed by atoms with Crippen molar-refractivity contribution in [3.05, 3.63) is 29.8 Å². The van der Waals surface area contributed by atoms with Crippen LogP contribution in [0.3, 0.4) is 0 Å². The predicted octanol–water partition coefficient (Wildman–Crippen LogP) is 1.66. The Hall–Kier alpha value is -1.40. The lowest BCUT2D eigenvalue weighted by Crippen LogP contribution is -2.40. The van der Waals surface area contributed by atoms with Gasteiger partial charge < -0.3 is 20.1 Å². The smallest absolute Gasteiger partial charge is 0.410 e. The molecule has 0 aromatic heterocycles. The molecule has 0 bridgehead atoms. The van der Waals surface area contributed by atoms with Gasteiger partial charge in [0.2, 0.25) is 0 Å². The van der Waals surface area contributed by atoms with Gasteiger partial charge in [0, 0.05) is 24.4 Å². The quantitative estimate of drug-likeness (QED) is 0.830. The summed E-state index contributed by atoms with van der Waals surface area (Å²) >= 11 is 4.40. The number of likely N-dealkylation sites (tertiary alicyclic amines) is 1. The zero-order chi connectivity index (χ0) is 14.5. The molecular weight excluding hydrogens is 276 g/mol. The second-order valence-electron chi connectivity index (χ2n) is 4.83. The summed E-state index contributed by atoms with van der Waals surface area (Å²) in [5.74, 6) is 0.778. The van der Waals surface area contributed by atoms with E-state index >= 15 is 0 Å². The molecule has 2 atom stereocenters. The molecule has 1 fully saturated rings. The van der Waals surface area contributed by atoms with Crippen LogP contribution in [0.25, 0.3) is 0 Å². The molecule has 1 heterocycles. The van der Waals surface area contributed by atoms with Crippen LogP contribution < -0.4 is 10.5 Å². The summed E-state index contributed by atoms with van der Waals surface area (Å²) in [6, 6.07) is 7.45. The van der Waals surface area contributed by atoms with Crippen LogP contribution in [0.4, 0.5) is 4.79 Å². The normalized spacial score (nSPS) is 21.9. The number of hydrogen-bond donors (Lipinski definition) is 2. The van der Waals surface area contributed by atoms with Crippen LogP contribution in [0.5, 0.6) is 5.75 Å². The van der Waals surface area contributed by atoms with Crippen LogP contribution in [0, 0.1) is 0 Å². The van der Waals surface area contributed by atoms with Gasteiger partial charge in [-0.25, -0.2) is 4.79 Å². The monoisotopic (exact) mass is 296 g/mol. The molecule has 0 aliphatic carbocycles. The maximum absolute atomic E-state index is 12.0. The van der Waals surface area contributed by atoms with Gasteiger partial charge in [-0.3, -0.25) is 0 Å². The number of benzene rings is 1. The first-order valence-corrected chi connectivity index (χ1v) is 7.10. The highest BCUT2D eigenvalue weighted by molar-refractivity contribution is 7.81. The topological polar surface area (TPSA) is 64.8 Å². The van der Waals surface area contributed by atoms with E-state index in [1.54, 1.807) is 12.0 Å². The van der Waals surface area contributed by atoms with Crippen LogP contribution in [0.2, 0.25) is 0 Å². The van der Waals surface area contributed by atoms with Gasteiger partial charge in [0.1, 0.15) is 12.4 Å². The van der Waals surface area contributed by atoms with Crippen molar-refractivity contribution in [3.63, 3.8) is 0 Å². The van der Waals surface area contributed by atoms with E-state index in [-0.39, 0.29) is 24.0 Å². The van der Waals surface area contributed by atoms with Crippen LogP contribution in [0.15, 0.2) is 24.3 Å². The molecule has 0 spiro atoms. The molecule has 0 unspecified atom stereocenters. The number of methoxy groups -OCH3 is 1. The third kappa shape index (κ3) is 3.58. The average molecular weight is 296 g/mol. The van der Waals surface area contributed by atoms with Gasteiger partial charge in [0.25, 0.3) is 0 Å². The van der Waals surface area contributed by atoms with E-state index in [0.29, 0.717) is 13.1 Å². The summed E-state index contributed by atoms with van der Waals surface area (Å²) in [6.45, 7) is 1.27. The first-order chi connectivity index (χ1) is 9.63. The van der Waals surface area contributed by atoms with E-state index in [1.807, 2.05) is 24.3 Å². The number of hydrogen-bond acceptors (Lipinski definition) is 5. The third-order valence-corrected chi connectivity index (χ3v) is 3.79. The molecule has 5 nitrogen and oxygen atoms in total. The second kappa shape index (κ2) is 6.85. The molecule has 6 heteroatoms. The van der Waals surface area contributed by atoms with Crippen LogP contribution in [-0.2, 0) is 11.3 Å². The Balaban J connectivity index is 1.88. The van der Waals surface area contributed by atoms with E-state index in [0.717, 1.165) is 17.7 Å². The maximum Gasteiger partial charge on any atom is 0.410 e. The molecule has 1 aromatic rings. The molecule has 1 aromatic carbocycles. The van der Waals surface area contributed by atoms with Crippen molar-refractivity contribution in [3.8, 4) is 5.75 Å².